The van der Waals surface area contributed by atoms with Gasteiger partial charge in [0.25, 0.3) is 11.6 Å². The molecule has 14 heteroatoms. The number of amides is 1. The van der Waals surface area contributed by atoms with Crippen LogP contribution in [0.1, 0.15) is 31.8 Å². The predicted octanol–water partition coefficient (Wildman–Crippen LogP) is 5.21. The number of nitro benzene ring substituents is 3. The van der Waals surface area contributed by atoms with E-state index in [-0.39, 0.29) is 34.2 Å². The maximum absolute atomic E-state index is 13.3. The molecular formula is C25H14N4O10. The van der Waals surface area contributed by atoms with Gasteiger partial charge in [-0.05, 0) is 29.8 Å². The Morgan fingerprint density at radius 2 is 1.54 bits per heavy atom. The van der Waals surface area contributed by atoms with Crippen molar-refractivity contribution in [2.24, 2.45) is 0 Å². The number of hydrogen-bond acceptors (Lipinski definition) is 9. The number of rotatable bonds is 6. The van der Waals surface area contributed by atoms with Gasteiger partial charge >= 0.3 is 17.3 Å². The first kappa shape index (κ1) is 24.8. The van der Waals surface area contributed by atoms with Crippen LogP contribution in [0.3, 0.4) is 0 Å². The van der Waals surface area contributed by atoms with E-state index in [1.807, 2.05) is 0 Å². The molecular weight excluding hydrogens is 516 g/mol. The Morgan fingerprint density at radius 1 is 0.821 bits per heavy atom. The normalized spacial score (nSPS) is 11.6. The van der Waals surface area contributed by atoms with Crippen LogP contribution >= 0.6 is 0 Å². The van der Waals surface area contributed by atoms with Crippen LogP contribution < -0.4 is 10.1 Å². The number of aromatic carboxylic acids is 1. The fourth-order valence-electron chi connectivity index (χ4n) is 4.62. The number of ether oxygens (including phenoxy) is 1. The molecule has 39 heavy (non-hydrogen) atoms. The fraction of sp³-hybridized carbons (Fsp3) is 0.0400. The average molecular weight is 530 g/mol. The van der Waals surface area contributed by atoms with Crippen molar-refractivity contribution in [3.05, 3.63) is 113 Å². The Hall–Kier alpha value is -5.92. The highest BCUT2D eigenvalue weighted by atomic mass is 16.6. The molecule has 0 bridgehead atoms. The standard InChI is InChI=1S/C25H14N4O10/c30-24(26-13-5-3-6-14(11-13)27(33)34)21-20(25(31)32)15-8-9-18-16(10-12-4-1-2-7-17(12)39-18)19(15)22(28(35)36)23(21)29(37)38/h1-9,11H,10H2,(H,26,30)(H,31,32). The van der Waals surface area contributed by atoms with Crippen molar-refractivity contribution in [2.75, 3.05) is 5.32 Å². The quantitative estimate of drug-likeness (QED) is 0.216. The molecule has 0 atom stereocenters. The maximum Gasteiger partial charge on any atom is 0.360 e. The SMILES string of the molecule is O=C(Nc1cccc([N+](=O)[O-])c1)c1c([N+](=O)[O-])c([N+](=O)[O-])c2c3c(ccc2c1C(=O)O)Oc1ccccc1C3. The van der Waals surface area contributed by atoms with E-state index in [2.05, 4.69) is 5.32 Å². The predicted molar refractivity (Wildman–Crippen MR) is 135 cm³/mol. The van der Waals surface area contributed by atoms with Crippen LogP contribution in [0.15, 0.2) is 60.7 Å². The summed E-state index contributed by atoms with van der Waals surface area (Å²) in [7, 11) is 0. The van der Waals surface area contributed by atoms with E-state index >= 15 is 0 Å². The highest BCUT2D eigenvalue weighted by Crippen LogP contribution is 2.48. The zero-order valence-electron chi connectivity index (χ0n) is 19.4. The van der Waals surface area contributed by atoms with Crippen molar-refractivity contribution in [1.29, 1.82) is 0 Å². The number of nitrogens with one attached hydrogen (secondary N) is 1. The van der Waals surface area contributed by atoms with Crippen molar-refractivity contribution < 1.29 is 34.2 Å². The number of para-hydroxylation sites is 1. The van der Waals surface area contributed by atoms with Crippen LogP contribution in [-0.4, -0.2) is 31.8 Å². The van der Waals surface area contributed by atoms with Crippen molar-refractivity contribution in [3.63, 3.8) is 0 Å². The Balaban J connectivity index is 1.82. The van der Waals surface area contributed by atoms with Crippen LogP contribution in [-0.2, 0) is 6.42 Å². The van der Waals surface area contributed by atoms with Gasteiger partial charge in [-0.15, -0.1) is 0 Å². The molecule has 0 aromatic heterocycles. The zero-order valence-corrected chi connectivity index (χ0v) is 19.4. The first-order valence-electron chi connectivity index (χ1n) is 11.1. The van der Waals surface area contributed by atoms with E-state index < -0.39 is 54.8 Å². The number of anilines is 1. The number of benzene rings is 4. The van der Waals surface area contributed by atoms with Gasteiger partial charge in [0.05, 0.1) is 25.7 Å². The molecule has 4 aromatic rings. The monoisotopic (exact) mass is 530 g/mol. The lowest BCUT2D eigenvalue weighted by atomic mass is 9.88. The maximum atomic E-state index is 13.3. The van der Waals surface area contributed by atoms with Crippen LogP contribution in [0.4, 0.5) is 22.7 Å². The summed E-state index contributed by atoms with van der Waals surface area (Å²) >= 11 is 0. The van der Waals surface area contributed by atoms with Gasteiger partial charge in [-0.2, -0.15) is 0 Å². The molecule has 5 rings (SSSR count). The summed E-state index contributed by atoms with van der Waals surface area (Å²) in [4.78, 5) is 58.5. The Bertz CT molecular complexity index is 1780. The Morgan fingerprint density at radius 3 is 2.21 bits per heavy atom. The molecule has 0 spiro atoms. The van der Waals surface area contributed by atoms with Crippen molar-refractivity contribution in [1.82, 2.24) is 0 Å². The van der Waals surface area contributed by atoms with Crippen molar-refractivity contribution in [2.45, 2.75) is 6.42 Å². The second-order valence-corrected chi connectivity index (χ2v) is 8.38. The summed E-state index contributed by atoms with van der Waals surface area (Å²) < 4.78 is 5.83. The fourth-order valence-corrected chi connectivity index (χ4v) is 4.62. The van der Waals surface area contributed by atoms with Gasteiger partial charge in [0.15, 0.2) is 0 Å². The minimum absolute atomic E-state index is 0.0408. The highest BCUT2D eigenvalue weighted by Gasteiger charge is 2.42. The molecule has 0 saturated heterocycles. The molecule has 1 aliphatic heterocycles. The summed E-state index contributed by atoms with van der Waals surface area (Å²) in [5.41, 5.74) is -4.17. The summed E-state index contributed by atoms with van der Waals surface area (Å²) in [6.07, 6.45) is 0.0408. The zero-order chi connectivity index (χ0) is 28.0. The number of carboxylic acids is 1. The van der Waals surface area contributed by atoms with Crippen molar-refractivity contribution >= 4 is 45.4 Å². The number of carbonyl (C=O) groups excluding carboxylic acids is 1. The largest absolute Gasteiger partial charge is 0.478 e. The van der Waals surface area contributed by atoms with Crippen LogP contribution in [0.25, 0.3) is 10.8 Å². The molecule has 4 aromatic carbocycles. The van der Waals surface area contributed by atoms with Gasteiger partial charge in [0.2, 0.25) is 0 Å². The molecule has 14 nitrogen and oxygen atoms in total. The average Bonchev–Trinajstić information content (AvgIpc) is 2.90. The van der Waals surface area contributed by atoms with E-state index in [0.717, 1.165) is 12.1 Å². The van der Waals surface area contributed by atoms with E-state index in [4.69, 9.17) is 4.74 Å². The third-order valence-corrected chi connectivity index (χ3v) is 6.17. The van der Waals surface area contributed by atoms with Gasteiger partial charge < -0.3 is 15.2 Å². The van der Waals surface area contributed by atoms with Crippen LogP contribution in [0.5, 0.6) is 11.5 Å². The smallest absolute Gasteiger partial charge is 0.360 e. The third-order valence-electron chi connectivity index (χ3n) is 6.17. The first-order chi connectivity index (χ1) is 18.6. The molecule has 1 heterocycles. The minimum atomic E-state index is -1.75. The number of carboxylic acid groups (broad SMARTS) is 1. The number of nitro groups is 3. The molecule has 0 aliphatic carbocycles. The molecule has 1 aliphatic rings. The van der Waals surface area contributed by atoms with E-state index in [1.54, 1.807) is 24.3 Å². The van der Waals surface area contributed by atoms with Gasteiger partial charge in [0.1, 0.15) is 17.1 Å². The lowest BCUT2D eigenvalue weighted by Crippen LogP contribution is -2.20. The topological polar surface area (TPSA) is 205 Å². The first-order valence-corrected chi connectivity index (χ1v) is 11.1. The number of non-ortho nitro benzene ring substituents is 1. The molecule has 1 amide bonds. The number of fused-ring (bicyclic) bond motifs is 4. The van der Waals surface area contributed by atoms with Gasteiger partial charge in [0, 0.05) is 35.2 Å². The second-order valence-electron chi connectivity index (χ2n) is 8.38. The lowest BCUT2D eigenvalue weighted by molar-refractivity contribution is -0.421. The number of carbonyl (C=O) groups is 2. The second kappa shape index (κ2) is 9.19. The summed E-state index contributed by atoms with van der Waals surface area (Å²) in [5.74, 6) is -2.51. The number of nitrogens with zero attached hydrogens (tertiary/aromatic N) is 3. The Kier molecular flexibility index (Phi) is 5.83. The molecule has 0 saturated carbocycles. The van der Waals surface area contributed by atoms with E-state index in [1.165, 1.54) is 24.3 Å². The van der Waals surface area contributed by atoms with Crippen molar-refractivity contribution in [3.8, 4) is 11.5 Å². The minimum Gasteiger partial charge on any atom is -0.478 e. The van der Waals surface area contributed by atoms with E-state index in [0.29, 0.717) is 11.3 Å². The summed E-state index contributed by atoms with van der Waals surface area (Å²) in [5, 5.41) is 47.3. The number of hydrogen-bond donors (Lipinski definition) is 2. The molecule has 0 unspecified atom stereocenters. The molecule has 0 radical (unpaired) electrons. The molecule has 2 N–H and O–H groups in total. The van der Waals surface area contributed by atoms with Gasteiger partial charge in [-0.1, -0.05) is 24.3 Å². The summed E-state index contributed by atoms with van der Waals surface area (Å²) in [6.45, 7) is 0. The lowest BCUT2D eigenvalue weighted by Gasteiger charge is -2.22. The Labute approximate surface area is 216 Å². The van der Waals surface area contributed by atoms with Crippen LogP contribution in [0.2, 0.25) is 0 Å². The molecule has 0 fully saturated rings. The van der Waals surface area contributed by atoms with Gasteiger partial charge in [-0.25, -0.2) is 4.79 Å². The third kappa shape index (κ3) is 4.11. The van der Waals surface area contributed by atoms with E-state index in [9.17, 15) is 45.0 Å². The molecule has 194 valence electrons. The summed E-state index contributed by atoms with van der Waals surface area (Å²) in [6, 6.07) is 13.9. The van der Waals surface area contributed by atoms with Crippen LogP contribution in [0, 0.1) is 30.3 Å². The highest BCUT2D eigenvalue weighted by molar-refractivity contribution is 6.22. The van der Waals surface area contributed by atoms with Gasteiger partial charge in [-0.3, -0.25) is 35.1 Å².